The highest BCUT2D eigenvalue weighted by Gasteiger charge is 2.25. The van der Waals surface area contributed by atoms with E-state index >= 15 is 0 Å². The first-order valence-electron chi connectivity index (χ1n) is 7.87. The van der Waals surface area contributed by atoms with Gasteiger partial charge in [0, 0.05) is 18.5 Å². The molecule has 5 heteroatoms. The van der Waals surface area contributed by atoms with Crippen LogP contribution in [0.1, 0.15) is 38.9 Å². The minimum atomic E-state index is -0.900. The average molecular weight is 317 g/mol. The van der Waals surface area contributed by atoms with Gasteiger partial charge < -0.3 is 14.4 Å². The van der Waals surface area contributed by atoms with Crippen molar-refractivity contribution in [3.63, 3.8) is 0 Å². The highest BCUT2D eigenvalue weighted by atomic mass is 16.4. The summed E-state index contributed by atoms with van der Waals surface area (Å²) in [7, 11) is 0. The van der Waals surface area contributed by atoms with E-state index in [2.05, 4.69) is 0 Å². The van der Waals surface area contributed by atoms with Crippen molar-refractivity contribution in [2.24, 2.45) is 5.92 Å². The van der Waals surface area contributed by atoms with Gasteiger partial charge in [0.1, 0.15) is 11.3 Å². The number of hydrogen-bond donors (Lipinski definition) is 1. The van der Waals surface area contributed by atoms with Gasteiger partial charge in [0.25, 0.3) is 0 Å². The number of carboxylic acid groups (broad SMARTS) is 1. The number of carbonyl (C=O) groups is 2. The number of hydrogen-bond acceptors (Lipinski definition) is 3. The fourth-order valence-electron chi connectivity index (χ4n) is 2.57. The van der Waals surface area contributed by atoms with E-state index in [1.165, 1.54) is 0 Å². The predicted octanol–water partition coefficient (Wildman–Crippen LogP) is 3.50. The van der Waals surface area contributed by atoms with Gasteiger partial charge in [-0.05, 0) is 25.0 Å². The Morgan fingerprint density at radius 3 is 2.52 bits per heavy atom. The second-order valence-electron chi connectivity index (χ2n) is 6.23. The first-order chi connectivity index (χ1) is 10.9. The van der Waals surface area contributed by atoms with Crippen LogP contribution < -0.4 is 0 Å². The Kier molecular flexibility index (Phi) is 5.42. The van der Waals surface area contributed by atoms with Gasteiger partial charge in [-0.2, -0.15) is 0 Å². The van der Waals surface area contributed by atoms with Crippen molar-refractivity contribution in [1.29, 1.82) is 0 Å². The normalized spacial score (nSPS) is 12.5. The van der Waals surface area contributed by atoms with Gasteiger partial charge in [-0.1, -0.05) is 32.0 Å². The van der Waals surface area contributed by atoms with E-state index < -0.39 is 11.9 Å². The monoisotopic (exact) mass is 317 g/mol. The zero-order chi connectivity index (χ0) is 17.0. The quantitative estimate of drug-likeness (QED) is 0.848. The maximum atomic E-state index is 12.7. The molecule has 0 saturated carbocycles. The van der Waals surface area contributed by atoms with Crippen molar-refractivity contribution in [1.82, 2.24) is 4.90 Å². The number of nitrogens with zero attached hydrogens (tertiary/aromatic N) is 1. The van der Waals surface area contributed by atoms with Crippen molar-refractivity contribution < 1.29 is 19.1 Å². The zero-order valence-electron chi connectivity index (χ0n) is 13.8. The second-order valence-corrected chi connectivity index (χ2v) is 6.23. The Balaban J connectivity index is 2.17. The van der Waals surface area contributed by atoms with E-state index in [0.717, 1.165) is 11.0 Å². The molecule has 124 valence electrons. The van der Waals surface area contributed by atoms with E-state index in [-0.39, 0.29) is 24.8 Å². The number of aliphatic carboxylic acids is 1. The van der Waals surface area contributed by atoms with Crippen LogP contribution in [0, 0.1) is 5.92 Å². The lowest BCUT2D eigenvalue weighted by molar-refractivity contribution is -0.139. The van der Waals surface area contributed by atoms with Gasteiger partial charge in [0.05, 0.1) is 12.3 Å². The molecule has 0 saturated heterocycles. The summed E-state index contributed by atoms with van der Waals surface area (Å²) in [5.41, 5.74) is 0.753. The van der Waals surface area contributed by atoms with Crippen LogP contribution in [-0.2, 0) is 9.59 Å². The van der Waals surface area contributed by atoms with Crippen molar-refractivity contribution >= 4 is 22.8 Å². The zero-order valence-corrected chi connectivity index (χ0v) is 13.8. The first-order valence-corrected chi connectivity index (χ1v) is 7.87. The molecule has 0 fully saturated rings. The molecular weight excluding hydrogens is 294 g/mol. The van der Waals surface area contributed by atoms with Crippen LogP contribution in [0.15, 0.2) is 34.7 Å². The highest BCUT2D eigenvalue weighted by molar-refractivity contribution is 5.85. The fourth-order valence-corrected chi connectivity index (χ4v) is 2.57. The Hall–Kier alpha value is -2.30. The third-order valence-electron chi connectivity index (χ3n) is 3.73. The summed E-state index contributed by atoms with van der Waals surface area (Å²) >= 11 is 0. The molecule has 5 nitrogen and oxygen atoms in total. The molecule has 1 unspecified atom stereocenters. The lowest BCUT2D eigenvalue weighted by Crippen LogP contribution is -2.38. The molecule has 0 aliphatic heterocycles. The summed E-state index contributed by atoms with van der Waals surface area (Å²) in [6.07, 6.45) is -0.0503. The molecule has 1 atom stereocenters. The number of para-hydroxylation sites is 1. The van der Waals surface area contributed by atoms with Gasteiger partial charge >= 0.3 is 5.97 Å². The van der Waals surface area contributed by atoms with Crippen LogP contribution >= 0.6 is 0 Å². The van der Waals surface area contributed by atoms with E-state index in [9.17, 15) is 9.59 Å². The molecule has 1 aromatic carbocycles. The number of fused-ring (bicyclic) bond motifs is 1. The molecule has 1 N–H and O–H groups in total. The minimum absolute atomic E-state index is 0.0503. The molecule has 1 amide bonds. The minimum Gasteiger partial charge on any atom is -0.481 e. The highest BCUT2D eigenvalue weighted by Crippen LogP contribution is 2.26. The van der Waals surface area contributed by atoms with Crippen molar-refractivity contribution in [3.05, 3.63) is 36.1 Å². The standard InChI is InChI=1S/C18H23NO4/c1-12(2)11-19(9-8-17(20)21)18(22)13(3)16-10-14-6-4-5-7-15(14)23-16/h4-7,10,12-13H,8-9,11H2,1-3H3,(H,20,21). The number of carbonyl (C=O) groups excluding carboxylic acids is 1. The number of furan rings is 1. The van der Waals surface area contributed by atoms with Crippen molar-refractivity contribution in [2.45, 2.75) is 33.1 Å². The molecule has 0 spiro atoms. The maximum absolute atomic E-state index is 12.7. The maximum Gasteiger partial charge on any atom is 0.305 e. The fraction of sp³-hybridized carbons (Fsp3) is 0.444. The van der Waals surface area contributed by atoms with Crippen LogP contribution in [0.2, 0.25) is 0 Å². The summed E-state index contributed by atoms with van der Waals surface area (Å²) < 4.78 is 5.77. The largest absolute Gasteiger partial charge is 0.481 e. The third-order valence-corrected chi connectivity index (χ3v) is 3.73. The van der Waals surface area contributed by atoms with E-state index in [4.69, 9.17) is 9.52 Å². The van der Waals surface area contributed by atoms with Crippen molar-refractivity contribution in [2.75, 3.05) is 13.1 Å². The molecule has 1 aromatic heterocycles. The van der Waals surface area contributed by atoms with E-state index in [0.29, 0.717) is 12.3 Å². The molecule has 0 radical (unpaired) electrons. The summed E-state index contributed by atoms with van der Waals surface area (Å²) in [6, 6.07) is 9.50. The van der Waals surface area contributed by atoms with Crippen molar-refractivity contribution in [3.8, 4) is 0 Å². The smallest absolute Gasteiger partial charge is 0.305 e. The molecular formula is C18H23NO4. The van der Waals surface area contributed by atoms with Crippen LogP contribution in [0.3, 0.4) is 0 Å². The topological polar surface area (TPSA) is 70.8 Å². The Morgan fingerprint density at radius 1 is 1.22 bits per heavy atom. The predicted molar refractivity (Wildman–Crippen MR) is 88.3 cm³/mol. The number of rotatable bonds is 7. The summed E-state index contributed by atoms with van der Waals surface area (Å²) in [6.45, 7) is 6.57. The Morgan fingerprint density at radius 2 is 1.91 bits per heavy atom. The number of carboxylic acids is 1. The molecule has 1 heterocycles. The summed E-state index contributed by atoms with van der Waals surface area (Å²) in [5, 5.41) is 9.83. The van der Waals surface area contributed by atoms with Crippen LogP contribution in [0.4, 0.5) is 0 Å². The van der Waals surface area contributed by atoms with Gasteiger partial charge in [0.2, 0.25) is 5.91 Å². The molecule has 2 rings (SSSR count). The average Bonchev–Trinajstić information content (AvgIpc) is 2.93. The lowest BCUT2D eigenvalue weighted by Gasteiger charge is -2.26. The van der Waals surface area contributed by atoms with Gasteiger partial charge in [-0.15, -0.1) is 0 Å². The SMILES string of the molecule is CC(C)CN(CCC(=O)O)C(=O)C(C)c1cc2ccccc2o1. The van der Waals surface area contributed by atoms with E-state index in [1.54, 1.807) is 11.8 Å². The van der Waals surface area contributed by atoms with Crippen LogP contribution in [0.5, 0.6) is 0 Å². The lowest BCUT2D eigenvalue weighted by atomic mass is 10.1. The summed E-state index contributed by atoms with van der Waals surface area (Å²) in [5.74, 6) is -0.548. The number of benzene rings is 1. The van der Waals surface area contributed by atoms with Crippen LogP contribution in [-0.4, -0.2) is 35.0 Å². The van der Waals surface area contributed by atoms with E-state index in [1.807, 2.05) is 44.2 Å². The van der Waals surface area contributed by atoms with Gasteiger partial charge in [-0.3, -0.25) is 9.59 Å². The molecule has 0 aliphatic carbocycles. The molecule has 23 heavy (non-hydrogen) atoms. The Bertz CT molecular complexity index is 656. The molecule has 0 aliphatic rings. The number of amides is 1. The molecule has 2 aromatic rings. The third kappa shape index (κ3) is 4.34. The van der Waals surface area contributed by atoms with Gasteiger partial charge in [0.15, 0.2) is 0 Å². The summed E-state index contributed by atoms with van der Waals surface area (Å²) in [4.78, 5) is 25.2. The van der Waals surface area contributed by atoms with Gasteiger partial charge in [-0.25, -0.2) is 0 Å². The second kappa shape index (κ2) is 7.31. The first kappa shape index (κ1) is 17.1. The Labute approximate surface area is 135 Å². The van der Waals surface area contributed by atoms with Crippen LogP contribution in [0.25, 0.3) is 11.0 Å². The molecule has 0 bridgehead atoms.